The summed E-state index contributed by atoms with van der Waals surface area (Å²) in [6.45, 7) is -0.405. The van der Waals surface area contributed by atoms with E-state index in [2.05, 4.69) is 16.2 Å². The Bertz CT molecular complexity index is 1040. The van der Waals surface area contributed by atoms with Gasteiger partial charge in [-0.25, -0.2) is 0 Å². The summed E-state index contributed by atoms with van der Waals surface area (Å²) in [6, 6.07) is 19.4. The van der Waals surface area contributed by atoms with Gasteiger partial charge in [-0.15, -0.1) is 0 Å². The van der Waals surface area contributed by atoms with Crippen LogP contribution in [0.2, 0.25) is 0 Å². The zero-order valence-electron chi connectivity index (χ0n) is 16.1. The number of nitrogens with one attached hydrogen (secondary N) is 3. The lowest BCUT2D eigenvalue weighted by Gasteiger charge is -2.11. The molecule has 3 N–H and O–H groups in total. The number of hydrazine groups is 1. The second kappa shape index (κ2) is 9.66. The summed E-state index contributed by atoms with van der Waals surface area (Å²) in [5.41, 5.74) is 5.58. The largest absolute Gasteiger partial charge is 0.484 e. The van der Waals surface area contributed by atoms with Gasteiger partial charge in [0.1, 0.15) is 5.75 Å². The molecule has 0 saturated heterocycles. The topological polar surface area (TPSA) is 79.5 Å². The minimum absolute atomic E-state index is 0.0151. The molecule has 0 spiro atoms. The lowest BCUT2D eigenvalue weighted by molar-refractivity contribution is -0.137. The molecule has 6 nitrogen and oxygen atoms in total. The molecule has 0 aliphatic carbocycles. The molecule has 3 aromatic carbocycles. The van der Waals surface area contributed by atoms with Crippen molar-refractivity contribution >= 4 is 23.2 Å². The molecule has 160 valence electrons. The van der Waals surface area contributed by atoms with Gasteiger partial charge in [0.2, 0.25) is 0 Å². The smallest absolute Gasteiger partial charge is 0.416 e. The molecule has 0 aliphatic rings. The van der Waals surface area contributed by atoms with Crippen LogP contribution in [0.25, 0.3) is 0 Å². The Kier molecular flexibility index (Phi) is 6.76. The van der Waals surface area contributed by atoms with Crippen LogP contribution in [0.1, 0.15) is 15.9 Å². The molecule has 0 radical (unpaired) electrons. The van der Waals surface area contributed by atoms with Gasteiger partial charge in [0, 0.05) is 11.3 Å². The maximum absolute atomic E-state index is 12.7. The molecule has 0 bridgehead atoms. The van der Waals surface area contributed by atoms with E-state index in [1.807, 2.05) is 18.2 Å². The lowest BCUT2D eigenvalue weighted by Crippen LogP contribution is -2.29. The van der Waals surface area contributed by atoms with Gasteiger partial charge in [-0.2, -0.15) is 13.2 Å². The molecule has 0 saturated carbocycles. The SMILES string of the molecule is O=C(COc1ccc(C(=O)NNc2ccccc2)cc1)Nc1cccc(C(F)(F)F)c1. The first-order valence-electron chi connectivity index (χ1n) is 9.12. The Labute approximate surface area is 176 Å². The molecule has 0 fully saturated rings. The van der Waals surface area contributed by atoms with Gasteiger partial charge in [0.25, 0.3) is 11.8 Å². The number of rotatable bonds is 7. The quantitative estimate of drug-likeness (QED) is 0.484. The van der Waals surface area contributed by atoms with E-state index in [1.165, 1.54) is 36.4 Å². The molecule has 2 amide bonds. The normalized spacial score (nSPS) is 10.8. The van der Waals surface area contributed by atoms with Gasteiger partial charge in [-0.1, -0.05) is 24.3 Å². The number of alkyl halides is 3. The molecule has 0 atom stereocenters. The highest BCUT2D eigenvalue weighted by atomic mass is 19.4. The van der Waals surface area contributed by atoms with Crippen molar-refractivity contribution in [3.63, 3.8) is 0 Å². The van der Waals surface area contributed by atoms with Crippen LogP contribution in [0.3, 0.4) is 0 Å². The van der Waals surface area contributed by atoms with E-state index in [9.17, 15) is 22.8 Å². The van der Waals surface area contributed by atoms with Crippen molar-refractivity contribution in [2.75, 3.05) is 17.3 Å². The van der Waals surface area contributed by atoms with Gasteiger partial charge in [0.15, 0.2) is 6.61 Å². The highest BCUT2D eigenvalue weighted by molar-refractivity contribution is 5.95. The zero-order valence-corrected chi connectivity index (χ0v) is 16.1. The second-order valence-electron chi connectivity index (χ2n) is 6.38. The standard InChI is InChI=1S/C22H18F3N3O3/c23-22(24,25)16-5-4-8-18(13-16)26-20(29)14-31-19-11-9-15(10-12-19)21(30)28-27-17-6-2-1-3-7-17/h1-13,27H,14H2,(H,26,29)(H,28,30). The van der Waals surface area contributed by atoms with Crippen molar-refractivity contribution in [2.24, 2.45) is 0 Å². The Morgan fingerprint density at radius 2 is 1.52 bits per heavy atom. The van der Waals surface area contributed by atoms with Crippen LogP contribution in [-0.4, -0.2) is 18.4 Å². The highest BCUT2D eigenvalue weighted by Crippen LogP contribution is 2.30. The predicted octanol–water partition coefficient (Wildman–Crippen LogP) is 4.48. The van der Waals surface area contributed by atoms with Crippen LogP contribution in [0.4, 0.5) is 24.5 Å². The summed E-state index contributed by atoms with van der Waals surface area (Å²) in [5, 5.41) is 2.35. The van der Waals surface area contributed by atoms with Crippen LogP contribution in [0.5, 0.6) is 5.75 Å². The van der Waals surface area contributed by atoms with Crippen LogP contribution < -0.4 is 20.9 Å². The number of amides is 2. The fourth-order valence-electron chi connectivity index (χ4n) is 2.54. The van der Waals surface area contributed by atoms with Crippen LogP contribution in [0.15, 0.2) is 78.9 Å². The summed E-state index contributed by atoms with van der Waals surface area (Å²) < 4.78 is 43.5. The summed E-state index contributed by atoms with van der Waals surface area (Å²) in [6.07, 6.45) is -4.50. The van der Waals surface area contributed by atoms with Crippen molar-refractivity contribution in [1.82, 2.24) is 5.43 Å². The van der Waals surface area contributed by atoms with E-state index in [4.69, 9.17) is 4.74 Å². The number of ether oxygens (including phenoxy) is 1. The van der Waals surface area contributed by atoms with E-state index in [1.54, 1.807) is 12.1 Å². The van der Waals surface area contributed by atoms with E-state index in [-0.39, 0.29) is 11.6 Å². The summed E-state index contributed by atoms with van der Waals surface area (Å²) >= 11 is 0. The third-order valence-electron chi connectivity index (χ3n) is 4.05. The first-order valence-corrected chi connectivity index (χ1v) is 9.12. The molecule has 0 aliphatic heterocycles. The molecule has 3 rings (SSSR count). The number of benzene rings is 3. The molecule has 31 heavy (non-hydrogen) atoms. The zero-order chi connectivity index (χ0) is 22.3. The van der Waals surface area contributed by atoms with E-state index < -0.39 is 24.3 Å². The molecule has 3 aromatic rings. The minimum Gasteiger partial charge on any atom is -0.484 e. The van der Waals surface area contributed by atoms with Crippen molar-refractivity contribution in [1.29, 1.82) is 0 Å². The van der Waals surface area contributed by atoms with Crippen LogP contribution in [0, 0.1) is 0 Å². The number of anilines is 2. The lowest BCUT2D eigenvalue weighted by atomic mass is 10.2. The Morgan fingerprint density at radius 3 is 2.19 bits per heavy atom. The summed E-state index contributed by atoms with van der Waals surface area (Å²) in [7, 11) is 0. The first-order chi connectivity index (χ1) is 14.8. The van der Waals surface area contributed by atoms with Crippen molar-refractivity contribution in [2.45, 2.75) is 6.18 Å². The Morgan fingerprint density at radius 1 is 0.839 bits per heavy atom. The number of halogens is 3. The monoisotopic (exact) mass is 429 g/mol. The van der Waals surface area contributed by atoms with Crippen molar-refractivity contribution in [3.8, 4) is 5.75 Å². The maximum atomic E-state index is 12.7. The van der Waals surface area contributed by atoms with E-state index >= 15 is 0 Å². The van der Waals surface area contributed by atoms with Gasteiger partial charge < -0.3 is 10.1 Å². The molecule has 0 unspecified atom stereocenters. The third kappa shape index (κ3) is 6.49. The highest BCUT2D eigenvalue weighted by Gasteiger charge is 2.30. The third-order valence-corrected chi connectivity index (χ3v) is 4.05. The number of hydrogen-bond acceptors (Lipinski definition) is 4. The average molecular weight is 429 g/mol. The number of carbonyl (C=O) groups is 2. The van der Waals surface area contributed by atoms with Crippen molar-refractivity contribution in [3.05, 3.63) is 90.0 Å². The minimum atomic E-state index is -4.50. The summed E-state index contributed by atoms with van der Waals surface area (Å²) in [4.78, 5) is 24.1. The predicted molar refractivity (Wildman–Crippen MR) is 110 cm³/mol. The molecular weight excluding hydrogens is 411 g/mol. The Hall–Kier alpha value is -4.01. The van der Waals surface area contributed by atoms with E-state index in [0.717, 1.165) is 17.8 Å². The van der Waals surface area contributed by atoms with E-state index in [0.29, 0.717) is 11.3 Å². The fraction of sp³-hybridized carbons (Fsp3) is 0.0909. The molecule has 0 heterocycles. The fourth-order valence-corrected chi connectivity index (χ4v) is 2.54. The van der Waals surface area contributed by atoms with Gasteiger partial charge in [0.05, 0.1) is 11.3 Å². The van der Waals surface area contributed by atoms with Gasteiger partial charge in [-0.3, -0.25) is 20.4 Å². The van der Waals surface area contributed by atoms with Gasteiger partial charge >= 0.3 is 6.18 Å². The Balaban J connectivity index is 1.48. The first kappa shape index (κ1) is 21.7. The van der Waals surface area contributed by atoms with Crippen LogP contribution >= 0.6 is 0 Å². The molecule has 0 aromatic heterocycles. The molecule has 9 heteroatoms. The van der Waals surface area contributed by atoms with Gasteiger partial charge in [-0.05, 0) is 54.6 Å². The number of carbonyl (C=O) groups excluding carboxylic acids is 2. The van der Waals surface area contributed by atoms with Crippen LogP contribution in [-0.2, 0) is 11.0 Å². The number of para-hydroxylation sites is 1. The maximum Gasteiger partial charge on any atom is 0.416 e. The molecular formula is C22H18F3N3O3. The van der Waals surface area contributed by atoms with Crippen molar-refractivity contribution < 1.29 is 27.5 Å². The number of hydrogen-bond donors (Lipinski definition) is 3. The average Bonchev–Trinajstić information content (AvgIpc) is 2.77. The second-order valence-corrected chi connectivity index (χ2v) is 6.38. The summed E-state index contributed by atoms with van der Waals surface area (Å²) in [5.74, 6) is -0.655.